The summed E-state index contributed by atoms with van der Waals surface area (Å²) in [6.07, 6.45) is 0.251. The minimum absolute atomic E-state index is 0.0314. The molecular formula is C27H27Cl4N3O4S. The van der Waals surface area contributed by atoms with E-state index in [9.17, 15) is 18.0 Å². The molecule has 0 heterocycles. The number of amides is 2. The number of likely N-dealkylation sites (N-methyl/N-ethyl adjacent to an activating group) is 1. The van der Waals surface area contributed by atoms with E-state index in [1.807, 2.05) is 6.92 Å². The van der Waals surface area contributed by atoms with E-state index in [0.29, 0.717) is 15.6 Å². The predicted molar refractivity (Wildman–Crippen MR) is 157 cm³/mol. The molecule has 0 radical (unpaired) electrons. The van der Waals surface area contributed by atoms with Crippen LogP contribution in [0.5, 0.6) is 0 Å². The van der Waals surface area contributed by atoms with Gasteiger partial charge in [-0.1, -0.05) is 77.1 Å². The van der Waals surface area contributed by atoms with Gasteiger partial charge in [-0.25, -0.2) is 8.42 Å². The first-order chi connectivity index (χ1) is 18.4. The van der Waals surface area contributed by atoms with Gasteiger partial charge < -0.3 is 10.2 Å². The summed E-state index contributed by atoms with van der Waals surface area (Å²) < 4.78 is 28.7. The zero-order valence-electron chi connectivity index (χ0n) is 21.4. The molecule has 0 aromatic heterocycles. The Morgan fingerprint density at radius 3 is 2.00 bits per heavy atom. The van der Waals surface area contributed by atoms with Crippen LogP contribution in [0.25, 0.3) is 0 Å². The highest BCUT2D eigenvalue weighted by atomic mass is 35.5. The first-order valence-corrected chi connectivity index (χ1v) is 14.8. The lowest BCUT2D eigenvalue weighted by Crippen LogP contribution is -2.51. The molecule has 12 heteroatoms. The SMILES string of the molecule is CCC(C(=O)NC)N(Cc1c(Cl)cccc1Cl)C(=O)CN(c1cc(Cl)cc(Cl)c1)S(=O)(=O)c1ccc(C)cc1. The molecule has 0 aliphatic heterocycles. The minimum Gasteiger partial charge on any atom is -0.357 e. The summed E-state index contributed by atoms with van der Waals surface area (Å²) in [5, 5.41) is 3.54. The van der Waals surface area contributed by atoms with E-state index in [4.69, 9.17) is 46.4 Å². The van der Waals surface area contributed by atoms with E-state index in [0.717, 1.165) is 9.87 Å². The van der Waals surface area contributed by atoms with Crippen LogP contribution in [0.2, 0.25) is 20.1 Å². The second kappa shape index (κ2) is 13.2. The lowest BCUT2D eigenvalue weighted by atomic mass is 10.1. The van der Waals surface area contributed by atoms with E-state index in [1.54, 1.807) is 37.3 Å². The Kier molecular flexibility index (Phi) is 10.5. The van der Waals surface area contributed by atoms with E-state index >= 15 is 0 Å². The van der Waals surface area contributed by atoms with Gasteiger partial charge in [-0.15, -0.1) is 0 Å². The average Bonchev–Trinajstić information content (AvgIpc) is 2.88. The maximum absolute atomic E-state index is 14.0. The molecule has 2 amide bonds. The minimum atomic E-state index is -4.26. The maximum Gasteiger partial charge on any atom is 0.264 e. The monoisotopic (exact) mass is 629 g/mol. The van der Waals surface area contributed by atoms with Crippen molar-refractivity contribution in [2.75, 3.05) is 17.9 Å². The van der Waals surface area contributed by atoms with Gasteiger partial charge in [0.15, 0.2) is 0 Å². The second-order valence-corrected chi connectivity index (χ2v) is 12.3. The number of aryl methyl sites for hydroxylation is 1. The molecule has 3 aromatic rings. The lowest BCUT2D eigenvalue weighted by Gasteiger charge is -2.33. The van der Waals surface area contributed by atoms with E-state index < -0.39 is 34.4 Å². The number of sulfonamides is 1. The average molecular weight is 631 g/mol. The molecule has 0 fully saturated rings. The Morgan fingerprint density at radius 1 is 0.923 bits per heavy atom. The summed E-state index contributed by atoms with van der Waals surface area (Å²) in [5.41, 5.74) is 1.38. The van der Waals surface area contributed by atoms with Crippen LogP contribution in [0.15, 0.2) is 65.6 Å². The molecule has 0 saturated heterocycles. The summed E-state index contributed by atoms with van der Waals surface area (Å²) in [4.78, 5) is 28.0. The lowest BCUT2D eigenvalue weighted by molar-refractivity contribution is -0.140. The fraction of sp³-hybridized carbons (Fsp3) is 0.259. The van der Waals surface area contributed by atoms with Gasteiger partial charge in [0, 0.05) is 39.2 Å². The van der Waals surface area contributed by atoms with Gasteiger partial charge in [0.1, 0.15) is 12.6 Å². The third-order valence-corrected chi connectivity index (χ3v) is 8.98. The van der Waals surface area contributed by atoms with Gasteiger partial charge in [0.05, 0.1) is 10.6 Å². The van der Waals surface area contributed by atoms with Crippen LogP contribution in [-0.2, 0) is 26.2 Å². The highest BCUT2D eigenvalue weighted by Crippen LogP contribution is 2.31. The van der Waals surface area contributed by atoms with E-state index in [2.05, 4.69) is 5.32 Å². The fourth-order valence-electron chi connectivity index (χ4n) is 3.99. The molecule has 1 N–H and O–H groups in total. The highest BCUT2D eigenvalue weighted by Gasteiger charge is 2.34. The number of rotatable bonds is 10. The van der Waals surface area contributed by atoms with Crippen molar-refractivity contribution in [3.63, 3.8) is 0 Å². The Morgan fingerprint density at radius 2 is 1.49 bits per heavy atom. The Labute approximate surface area is 248 Å². The molecule has 1 unspecified atom stereocenters. The number of hydrogen-bond acceptors (Lipinski definition) is 4. The zero-order valence-corrected chi connectivity index (χ0v) is 25.3. The van der Waals surface area contributed by atoms with Crippen LogP contribution < -0.4 is 9.62 Å². The number of carbonyl (C=O) groups is 2. The predicted octanol–water partition coefficient (Wildman–Crippen LogP) is 6.36. The van der Waals surface area contributed by atoms with Crippen LogP contribution >= 0.6 is 46.4 Å². The molecule has 0 aliphatic rings. The van der Waals surface area contributed by atoms with Gasteiger partial charge in [0.25, 0.3) is 10.0 Å². The molecule has 7 nitrogen and oxygen atoms in total. The van der Waals surface area contributed by atoms with Gasteiger partial charge in [-0.2, -0.15) is 0 Å². The molecule has 39 heavy (non-hydrogen) atoms. The van der Waals surface area contributed by atoms with E-state index in [1.165, 1.54) is 42.3 Å². The first-order valence-electron chi connectivity index (χ1n) is 11.9. The smallest absolute Gasteiger partial charge is 0.264 e. The second-order valence-electron chi connectivity index (χ2n) is 8.71. The number of carbonyl (C=O) groups excluding carboxylic acids is 2. The summed E-state index contributed by atoms with van der Waals surface area (Å²) in [7, 11) is -2.81. The Hall–Kier alpha value is -2.49. The van der Waals surface area contributed by atoms with Gasteiger partial charge in [-0.3, -0.25) is 13.9 Å². The third kappa shape index (κ3) is 7.38. The van der Waals surface area contributed by atoms with Crippen molar-refractivity contribution in [1.29, 1.82) is 0 Å². The Bertz CT molecular complexity index is 1430. The normalized spacial score (nSPS) is 12.1. The van der Waals surface area contributed by atoms with Crippen LogP contribution in [-0.4, -0.2) is 44.8 Å². The topological polar surface area (TPSA) is 86.8 Å². The fourth-order valence-corrected chi connectivity index (χ4v) is 6.42. The summed E-state index contributed by atoms with van der Waals surface area (Å²) in [6.45, 7) is 2.79. The van der Waals surface area contributed by atoms with Crippen molar-refractivity contribution in [2.45, 2.75) is 37.8 Å². The molecule has 0 saturated carbocycles. The molecule has 0 aliphatic carbocycles. The van der Waals surface area contributed by atoms with Crippen molar-refractivity contribution in [2.24, 2.45) is 0 Å². The number of nitrogens with zero attached hydrogens (tertiary/aromatic N) is 2. The molecule has 0 spiro atoms. The van der Waals surface area contributed by atoms with Crippen molar-refractivity contribution >= 4 is 73.9 Å². The molecule has 1 atom stereocenters. The van der Waals surface area contributed by atoms with Gasteiger partial charge in [0.2, 0.25) is 11.8 Å². The maximum atomic E-state index is 14.0. The Balaban J connectivity index is 2.13. The third-order valence-electron chi connectivity index (χ3n) is 6.05. The van der Waals surface area contributed by atoms with Crippen molar-refractivity contribution < 1.29 is 18.0 Å². The summed E-state index contributed by atoms with van der Waals surface area (Å²) >= 11 is 25.2. The molecule has 3 aromatic carbocycles. The summed E-state index contributed by atoms with van der Waals surface area (Å²) in [5.74, 6) is -1.08. The number of halogens is 4. The number of benzene rings is 3. The van der Waals surface area contributed by atoms with Crippen LogP contribution in [0.3, 0.4) is 0 Å². The molecule has 208 valence electrons. The number of nitrogens with one attached hydrogen (secondary N) is 1. The number of hydrogen-bond donors (Lipinski definition) is 1. The number of anilines is 1. The van der Waals surface area contributed by atoms with Crippen molar-refractivity contribution in [3.05, 3.63) is 91.9 Å². The molecule has 3 rings (SSSR count). The van der Waals surface area contributed by atoms with E-state index in [-0.39, 0.29) is 33.6 Å². The van der Waals surface area contributed by atoms with Crippen LogP contribution in [0, 0.1) is 6.92 Å². The molecular weight excluding hydrogens is 604 g/mol. The van der Waals surface area contributed by atoms with Crippen LogP contribution in [0.1, 0.15) is 24.5 Å². The van der Waals surface area contributed by atoms with Crippen LogP contribution in [0.4, 0.5) is 5.69 Å². The standard InChI is InChI=1S/C27H27Cl4N3O4S/c1-4-25(27(36)32-3)33(15-22-23(30)6-5-7-24(22)31)26(35)16-34(20-13-18(28)12-19(29)14-20)39(37,38)21-10-8-17(2)9-11-21/h5-14,25H,4,15-16H2,1-3H3,(H,32,36). The largest absolute Gasteiger partial charge is 0.357 e. The van der Waals surface area contributed by atoms with Gasteiger partial charge >= 0.3 is 0 Å². The van der Waals surface area contributed by atoms with Gasteiger partial charge in [-0.05, 0) is 55.8 Å². The first kappa shape index (κ1) is 31.0. The quantitative estimate of drug-likeness (QED) is 0.283. The highest BCUT2D eigenvalue weighted by molar-refractivity contribution is 7.92. The van der Waals surface area contributed by atoms with Crippen molar-refractivity contribution in [1.82, 2.24) is 10.2 Å². The van der Waals surface area contributed by atoms with Crippen molar-refractivity contribution in [3.8, 4) is 0 Å². The molecule has 0 bridgehead atoms. The summed E-state index contributed by atoms with van der Waals surface area (Å²) in [6, 6.07) is 14.4. The zero-order chi connectivity index (χ0) is 28.9.